The fourth-order valence-electron chi connectivity index (χ4n) is 0.889. The van der Waals surface area contributed by atoms with E-state index in [1.807, 2.05) is 0 Å². The summed E-state index contributed by atoms with van der Waals surface area (Å²) < 4.78 is 0. The molecule has 0 saturated heterocycles. The van der Waals surface area contributed by atoms with Gasteiger partial charge in [0.2, 0.25) is 11.8 Å². The third kappa shape index (κ3) is 4.95. The lowest BCUT2D eigenvalue weighted by Gasteiger charge is -2.17. The number of Topliss-reactive ketones (excluding diaryl/α,β-unsaturated/α-hetero) is 1. The van der Waals surface area contributed by atoms with E-state index < -0.39 is 5.91 Å². The number of amides is 2. The van der Waals surface area contributed by atoms with Gasteiger partial charge in [-0.05, 0) is 13.8 Å². The zero-order valence-corrected chi connectivity index (χ0v) is 7.87. The van der Waals surface area contributed by atoms with Gasteiger partial charge in [0.25, 0.3) is 0 Å². The number of likely N-dealkylation sites (N-methyl/N-ethyl adjacent to an activating group) is 1. The second kappa shape index (κ2) is 5.29. The largest absolute Gasteiger partial charge is 0.368 e. The average molecular weight is 186 g/mol. The van der Waals surface area contributed by atoms with E-state index in [1.54, 1.807) is 6.92 Å². The lowest BCUT2D eigenvalue weighted by molar-refractivity contribution is -0.137. The molecule has 0 rings (SSSR count). The molecule has 74 valence electrons. The topological polar surface area (TPSA) is 80.5 Å². The highest BCUT2D eigenvalue weighted by Crippen LogP contribution is 1.94. The van der Waals surface area contributed by atoms with Gasteiger partial charge in [0.1, 0.15) is 5.78 Å². The highest BCUT2D eigenvalue weighted by Gasteiger charge is 2.14. The molecule has 0 aliphatic carbocycles. The van der Waals surface area contributed by atoms with Crippen molar-refractivity contribution < 1.29 is 14.4 Å². The second-order valence-corrected chi connectivity index (χ2v) is 2.75. The van der Waals surface area contributed by atoms with Crippen LogP contribution in [0.4, 0.5) is 0 Å². The van der Waals surface area contributed by atoms with Crippen LogP contribution in [0.2, 0.25) is 0 Å². The lowest BCUT2D eigenvalue weighted by atomic mass is 10.3. The molecule has 0 bridgehead atoms. The molecule has 0 heterocycles. The lowest BCUT2D eigenvalue weighted by Crippen LogP contribution is -2.38. The van der Waals surface area contributed by atoms with Gasteiger partial charge in [0, 0.05) is 6.54 Å². The quantitative estimate of drug-likeness (QED) is 0.576. The molecule has 5 nitrogen and oxygen atoms in total. The van der Waals surface area contributed by atoms with Crippen molar-refractivity contribution >= 4 is 17.6 Å². The van der Waals surface area contributed by atoms with Crippen molar-refractivity contribution in [3.8, 4) is 0 Å². The number of carbonyl (C=O) groups excluding carboxylic acids is 3. The Morgan fingerprint density at radius 2 is 1.85 bits per heavy atom. The molecule has 2 amide bonds. The van der Waals surface area contributed by atoms with Gasteiger partial charge in [-0.25, -0.2) is 0 Å². The van der Waals surface area contributed by atoms with Crippen molar-refractivity contribution in [2.45, 2.75) is 20.3 Å². The summed E-state index contributed by atoms with van der Waals surface area (Å²) in [6.07, 6.45) is -0.166. The predicted molar refractivity (Wildman–Crippen MR) is 46.7 cm³/mol. The number of nitrogens with two attached hydrogens (primary N) is 1. The smallest absolute Gasteiger partial charge is 0.237 e. The number of nitrogens with zero attached hydrogens (tertiary/aromatic N) is 1. The Balaban J connectivity index is 4.15. The van der Waals surface area contributed by atoms with E-state index in [0.29, 0.717) is 6.54 Å². The van der Waals surface area contributed by atoms with Crippen molar-refractivity contribution in [1.82, 2.24) is 4.90 Å². The average Bonchev–Trinajstić information content (AvgIpc) is 1.98. The minimum absolute atomic E-state index is 0.122. The Bertz CT molecular complexity index is 225. The molecule has 0 saturated carbocycles. The van der Waals surface area contributed by atoms with Gasteiger partial charge in [-0.2, -0.15) is 0 Å². The van der Waals surface area contributed by atoms with Gasteiger partial charge in [-0.1, -0.05) is 0 Å². The maximum atomic E-state index is 11.2. The molecule has 0 aromatic carbocycles. The van der Waals surface area contributed by atoms with Gasteiger partial charge in [-0.3, -0.25) is 14.4 Å². The molecule has 0 spiro atoms. The molecule has 0 fully saturated rings. The van der Waals surface area contributed by atoms with Gasteiger partial charge in [-0.15, -0.1) is 0 Å². The maximum Gasteiger partial charge on any atom is 0.237 e. The summed E-state index contributed by atoms with van der Waals surface area (Å²) in [5.74, 6) is -1.14. The number of rotatable bonds is 5. The van der Waals surface area contributed by atoms with Crippen LogP contribution in [-0.2, 0) is 14.4 Å². The van der Waals surface area contributed by atoms with Crippen LogP contribution >= 0.6 is 0 Å². The summed E-state index contributed by atoms with van der Waals surface area (Å²) in [7, 11) is 0. The molecule has 0 unspecified atom stereocenters. The van der Waals surface area contributed by atoms with E-state index in [0.717, 1.165) is 0 Å². The van der Waals surface area contributed by atoms with Crippen molar-refractivity contribution in [1.29, 1.82) is 0 Å². The molecule has 5 heteroatoms. The SMILES string of the molecule is CCN(CC(N)=O)C(=O)CC(C)=O. The van der Waals surface area contributed by atoms with Crippen LogP contribution in [0.5, 0.6) is 0 Å². The minimum Gasteiger partial charge on any atom is -0.368 e. The molecule has 0 aromatic rings. The van der Waals surface area contributed by atoms with Crippen LogP contribution in [0.15, 0.2) is 0 Å². The highest BCUT2D eigenvalue weighted by molar-refractivity contribution is 5.97. The van der Waals surface area contributed by atoms with Crippen molar-refractivity contribution in [2.24, 2.45) is 5.73 Å². The summed E-state index contributed by atoms with van der Waals surface area (Å²) in [4.78, 5) is 33.6. The molecule has 0 radical (unpaired) electrons. The molecule has 2 N–H and O–H groups in total. The highest BCUT2D eigenvalue weighted by atomic mass is 16.2. The third-order valence-electron chi connectivity index (χ3n) is 1.48. The summed E-state index contributed by atoms with van der Waals surface area (Å²) in [6.45, 7) is 3.31. The number of hydrogen-bond donors (Lipinski definition) is 1. The molecule has 0 atom stereocenters. The summed E-state index contributed by atoms with van der Waals surface area (Å²) >= 11 is 0. The Labute approximate surface area is 76.9 Å². The van der Waals surface area contributed by atoms with Gasteiger partial charge in [0.05, 0.1) is 13.0 Å². The third-order valence-corrected chi connectivity index (χ3v) is 1.48. The predicted octanol–water partition coefficient (Wildman–Crippen LogP) is -0.701. The van der Waals surface area contributed by atoms with E-state index in [9.17, 15) is 14.4 Å². The van der Waals surface area contributed by atoms with Crippen LogP contribution in [0.3, 0.4) is 0 Å². The van der Waals surface area contributed by atoms with E-state index in [2.05, 4.69) is 0 Å². The zero-order valence-electron chi connectivity index (χ0n) is 7.87. The molecular weight excluding hydrogens is 172 g/mol. The van der Waals surface area contributed by atoms with Gasteiger partial charge < -0.3 is 10.6 Å². The first-order valence-electron chi connectivity index (χ1n) is 4.02. The van der Waals surface area contributed by atoms with E-state index in [1.165, 1.54) is 11.8 Å². The zero-order chi connectivity index (χ0) is 10.4. The van der Waals surface area contributed by atoms with Crippen LogP contribution in [0, 0.1) is 0 Å². The summed E-state index contributed by atoms with van der Waals surface area (Å²) in [5, 5.41) is 0. The van der Waals surface area contributed by atoms with E-state index in [4.69, 9.17) is 5.73 Å². The first kappa shape index (κ1) is 11.6. The normalized spacial score (nSPS) is 9.38. The van der Waals surface area contributed by atoms with Crippen molar-refractivity contribution in [2.75, 3.05) is 13.1 Å². The number of hydrogen-bond acceptors (Lipinski definition) is 3. The van der Waals surface area contributed by atoms with Crippen LogP contribution in [0.1, 0.15) is 20.3 Å². The maximum absolute atomic E-state index is 11.2. The fraction of sp³-hybridized carbons (Fsp3) is 0.625. The van der Waals surface area contributed by atoms with Gasteiger partial charge >= 0.3 is 0 Å². The second-order valence-electron chi connectivity index (χ2n) is 2.75. The standard InChI is InChI=1S/C8H14N2O3/c1-3-10(5-7(9)12)8(13)4-6(2)11/h3-5H2,1-2H3,(H2,9,12). The minimum atomic E-state index is -0.571. The van der Waals surface area contributed by atoms with E-state index in [-0.39, 0.29) is 24.7 Å². The molecule has 0 aliphatic heterocycles. The summed E-state index contributed by atoms with van der Waals surface area (Å²) in [6, 6.07) is 0. The Kier molecular flexibility index (Phi) is 4.72. The van der Waals surface area contributed by atoms with Crippen molar-refractivity contribution in [3.63, 3.8) is 0 Å². The van der Waals surface area contributed by atoms with Gasteiger partial charge in [0.15, 0.2) is 0 Å². The molecule has 0 aliphatic rings. The summed E-state index contributed by atoms with van der Waals surface area (Å²) in [5.41, 5.74) is 4.92. The number of primary amides is 1. The van der Waals surface area contributed by atoms with Crippen LogP contribution < -0.4 is 5.73 Å². The van der Waals surface area contributed by atoms with Crippen molar-refractivity contribution in [3.05, 3.63) is 0 Å². The Morgan fingerprint density at radius 1 is 1.31 bits per heavy atom. The first-order chi connectivity index (χ1) is 5.97. The fourth-order valence-corrected chi connectivity index (χ4v) is 0.889. The Hall–Kier alpha value is -1.39. The number of ketones is 1. The molecule has 13 heavy (non-hydrogen) atoms. The van der Waals surface area contributed by atoms with Crippen LogP contribution in [-0.4, -0.2) is 35.6 Å². The molecular formula is C8H14N2O3. The Morgan fingerprint density at radius 3 is 2.15 bits per heavy atom. The van der Waals surface area contributed by atoms with E-state index >= 15 is 0 Å². The first-order valence-corrected chi connectivity index (χ1v) is 4.02. The monoisotopic (exact) mass is 186 g/mol. The number of carbonyl (C=O) groups is 3. The molecule has 0 aromatic heterocycles. The van der Waals surface area contributed by atoms with Crippen LogP contribution in [0.25, 0.3) is 0 Å².